The van der Waals surface area contributed by atoms with Crippen LogP contribution in [-0.4, -0.2) is 11.0 Å². The Kier molecular flexibility index (Phi) is 6.29. The van der Waals surface area contributed by atoms with E-state index in [9.17, 15) is 4.79 Å². The van der Waals surface area contributed by atoms with E-state index in [1.165, 1.54) is 5.56 Å². The van der Waals surface area contributed by atoms with Crippen molar-refractivity contribution in [2.24, 2.45) is 0 Å². The van der Waals surface area contributed by atoms with Crippen molar-refractivity contribution in [3.05, 3.63) is 90.0 Å². The summed E-state index contributed by atoms with van der Waals surface area (Å²) in [5.74, 6) is -0.231. The number of carbonyl (C=O) groups excluding carboxylic acids is 1. The summed E-state index contributed by atoms with van der Waals surface area (Å²) in [6, 6.07) is 25.3. The van der Waals surface area contributed by atoms with E-state index >= 15 is 0 Å². The van der Waals surface area contributed by atoms with E-state index in [1.54, 1.807) is 0 Å². The molecule has 5 heteroatoms. The second kappa shape index (κ2) is 8.88. The quantitative estimate of drug-likeness (QED) is 0.478. The molecular formula is C24H25N3OS. The standard InChI is InChI=1S/C24H25N3OS/c1-24(2,3)18-11-9-17(10-12-18)22(28)27-23(29)26-21-15-13-20(14-16-21)25-19-7-5-4-6-8-19/h4-16,25H,1-3H3,(H2,26,27,28,29). The van der Waals surface area contributed by atoms with Crippen molar-refractivity contribution in [3.63, 3.8) is 0 Å². The van der Waals surface area contributed by atoms with E-state index < -0.39 is 0 Å². The van der Waals surface area contributed by atoms with Crippen molar-refractivity contribution in [1.82, 2.24) is 5.32 Å². The molecule has 3 rings (SSSR count). The van der Waals surface area contributed by atoms with Gasteiger partial charge in [0.1, 0.15) is 0 Å². The minimum Gasteiger partial charge on any atom is -0.356 e. The average molecular weight is 404 g/mol. The molecule has 29 heavy (non-hydrogen) atoms. The Morgan fingerprint density at radius 3 is 1.90 bits per heavy atom. The summed E-state index contributed by atoms with van der Waals surface area (Å²) in [6.45, 7) is 6.42. The van der Waals surface area contributed by atoms with Crippen LogP contribution in [0.3, 0.4) is 0 Å². The number of hydrogen-bond donors (Lipinski definition) is 3. The topological polar surface area (TPSA) is 53.2 Å². The lowest BCUT2D eigenvalue weighted by molar-refractivity contribution is 0.0977. The number of rotatable bonds is 4. The van der Waals surface area contributed by atoms with Crippen LogP contribution in [0.25, 0.3) is 0 Å². The summed E-state index contributed by atoms with van der Waals surface area (Å²) in [5, 5.41) is 9.35. The summed E-state index contributed by atoms with van der Waals surface area (Å²) in [7, 11) is 0. The number of anilines is 3. The number of hydrogen-bond acceptors (Lipinski definition) is 3. The fourth-order valence-corrected chi connectivity index (χ4v) is 2.99. The van der Waals surface area contributed by atoms with Crippen LogP contribution in [0, 0.1) is 0 Å². The smallest absolute Gasteiger partial charge is 0.257 e. The molecule has 0 aliphatic heterocycles. The van der Waals surface area contributed by atoms with Gasteiger partial charge in [-0.2, -0.15) is 0 Å². The molecule has 0 bridgehead atoms. The van der Waals surface area contributed by atoms with Gasteiger partial charge in [0.2, 0.25) is 0 Å². The average Bonchev–Trinajstić information content (AvgIpc) is 2.69. The Morgan fingerprint density at radius 2 is 1.31 bits per heavy atom. The van der Waals surface area contributed by atoms with Gasteiger partial charge in [-0.3, -0.25) is 10.1 Å². The van der Waals surface area contributed by atoms with Gasteiger partial charge in [0.05, 0.1) is 0 Å². The SMILES string of the molecule is CC(C)(C)c1ccc(C(=O)NC(=S)Nc2ccc(Nc3ccccc3)cc2)cc1. The highest BCUT2D eigenvalue weighted by Crippen LogP contribution is 2.22. The van der Waals surface area contributed by atoms with Gasteiger partial charge < -0.3 is 10.6 Å². The molecule has 148 valence electrons. The molecule has 3 aromatic rings. The van der Waals surface area contributed by atoms with Crippen LogP contribution >= 0.6 is 12.2 Å². The molecule has 1 amide bonds. The van der Waals surface area contributed by atoms with E-state index in [1.807, 2.05) is 78.9 Å². The highest BCUT2D eigenvalue weighted by atomic mass is 32.1. The molecule has 0 saturated carbocycles. The maximum absolute atomic E-state index is 12.4. The molecule has 0 heterocycles. The minimum absolute atomic E-state index is 0.0490. The Morgan fingerprint density at radius 1 is 0.759 bits per heavy atom. The lowest BCUT2D eigenvalue weighted by atomic mass is 9.87. The number of thiocarbonyl (C=S) groups is 1. The van der Waals surface area contributed by atoms with Crippen molar-refractivity contribution >= 4 is 40.3 Å². The molecule has 0 unspecified atom stereocenters. The molecule has 3 N–H and O–H groups in total. The van der Waals surface area contributed by atoms with Crippen LogP contribution in [0.4, 0.5) is 17.1 Å². The molecule has 0 aliphatic carbocycles. The molecule has 4 nitrogen and oxygen atoms in total. The number of carbonyl (C=O) groups is 1. The zero-order valence-electron chi connectivity index (χ0n) is 16.8. The first-order valence-electron chi connectivity index (χ1n) is 9.46. The Balaban J connectivity index is 1.55. The highest BCUT2D eigenvalue weighted by Gasteiger charge is 2.14. The van der Waals surface area contributed by atoms with E-state index in [0.29, 0.717) is 5.56 Å². The molecule has 0 radical (unpaired) electrons. The minimum atomic E-state index is -0.231. The number of amides is 1. The molecule has 0 aliphatic rings. The fourth-order valence-electron chi connectivity index (χ4n) is 2.78. The number of para-hydroxylation sites is 1. The number of benzene rings is 3. The van der Waals surface area contributed by atoms with Crippen LogP contribution in [0.15, 0.2) is 78.9 Å². The van der Waals surface area contributed by atoms with Gasteiger partial charge >= 0.3 is 0 Å². The van der Waals surface area contributed by atoms with Crippen LogP contribution in [0.1, 0.15) is 36.7 Å². The normalized spacial score (nSPS) is 10.9. The summed E-state index contributed by atoms with van der Waals surface area (Å²) in [6.07, 6.45) is 0. The predicted molar refractivity (Wildman–Crippen MR) is 125 cm³/mol. The van der Waals surface area contributed by atoms with Crippen LogP contribution in [-0.2, 0) is 5.41 Å². The van der Waals surface area contributed by atoms with Crippen LogP contribution in [0.2, 0.25) is 0 Å². The molecule has 3 aromatic carbocycles. The highest BCUT2D eigenvalue weighted by molar-refractivity contribution is 7.80. The van der Waals surface area contributed by atoms with Gasteiger partial charge in [-0.05, 0) is 71.7 Å². The fraction of sp³-hybridized carbons (Fsp3) is 0.167. The zero-order chi connectivity index (χ0) is 20.9. The summed E-state index contributed by atoms with van der Waals surface area (Å²) in [4.78, 5) is 12.4. The van der Waals surface area contributed by atoms with Crippen LogP contribution < -0.4 is 16.0 Å². The van der Waals surface area contributed by atoms with Crippen molar-refractivity contribution in [2.45, 2.75) is 26.2 Å². The third-order valence-electron chi connectivity index (χ3n) is 4.45. The van der Waals surface area contributed by atoms with Gasteiger partial charge in [0, 0.05) is 22.6 Å². The van der Waals surface area contributed by atoms with Crippen molar-refractivity contribution in [2.75, 3.05) is 10.6 Å². The maximum atomic E-state index is 12.4. The zero-order valence-corrected chi connectivity index (χ0v) is 17.6. The van der Waals surface area contributed by atoms with E-state index in [0.717, 1.165) is 17.1 Å². The van der Waals surface area contributed by atoms with E-state index in [-0.39, 0.29) is 16.4 Å². The Labute approximate surface area is 177 Å². The third-order valence-corrected chi connectivity index (χ3v) is 4.65. The lowest BCUT2D eigenvalue weighted by Gasteiger charge is -2.19. The molecule has 0 saturated heterocycles. The first-order valence-corrected chi connectivity index (χ1v) is 9.87. The third kappa shape index (κ3) is 5.90. The van der Waals surface area contributed by atoms with E-state index in [2.05, 4.69) is 36.7 Å². The largest absolute Gasteiger partial charge is 0.356 e. The molecule has 0 aromatic heterocycles. The van der Waals surface area contributed by atoms with Crippen molar-refractivity contribution in [3.8, 4) is 0 Å². The number of nitrogens with one attached hydrogen (secondary N) is 3. The first-order chi connectivity index (χ1) is 13.8. The molecule has 0 atom stereocenters. The van der Waals surface area contributed by atoms with Crippen molar-refractivity contribution in [1.29, 1.82) is 0 Å². The first kappa shape index (κ1) is 20.6. The second-order valence-corrected chi connectivity index (χ2v) is 8.21. The van der Waals surface area contributed by atoms with Gasteiger partial charge in [0.25, 0.3) is 5.91 Å². The summed E-state index contributed by atoms with van der Waals surface area (Å²) < 4.78 is 0. The van der Waals surface area contributed by atoms with Crippen molar-refractivity contribution < 1.29 is 4.79 Å². The Hall–Kier alpha value is -3.18. The predicted octanol–water partition coefficient (Wildman–Crippen LogP) is 5.85. The summed E-state index contributed by atoms with van der Waals surface area (Å²) >= 11 is 5.28. The monoisotopic (exact) mass is 403 g/mol. The summed E-state index contributed by atoms with van der Waals surface area (Å²) in [5.41, 5.74) is 4.59. The van der Waals surface area contributed by atoms with Gasteiger partial charge in [-0.25, -0.2) is 0 Å². The second-order valence-electron chi connectivity index (χ2n) is 7.80. The van der Waals surface area contributed by atoms with Gasteiger partial charge in [0.15, 0.2) is 5.11 Å². The van der Waals surface area contributed by atoms with Gasteiger partial charge in [-0.15, -0.1) is 0 Å². The van der Waals surface area contributed by atoms with E-state index in [4.69, 9.17) is 12.2 Å². The molecular weight excluding hydrogens is 378 g/mol. The lowest BCUT2D eigenvalue weighted by Crippen LogP contribution is -2.34. The maximum Gasteiger partial charge on any atom is 0.257 e. The molecule has 0 spiro atoms. The van der Waals surface area contributed by atoms with Gasteiger partial charge in [-0.1, -0.05) is 51.1 Å². The van der Waals surface area contributed by atoms with Crippen LogP contribution in [0.5, 0.6) is 0 Å². The Bertz CT molecular complexity index is 975. The molecule has 0 fully saturated rings.